The van der Waals surface area contributed by atoms with Crippen LogP contribution in [0.15, 0.2) is 212 Å². The molecule has 0 aromatic heterocycles. The maximum absolute atomic E-state index is 2.48. The van der Waals surface area contributed by atoms with E-state index in [1.165, 1.54) is 77.5 Å². The first-order valence-electron chi connectivity index (χ1n) is 19.5. The van der Waals surface area contributed by atoms with E-state index in [1.54, 1.807) is 0 Å². The van der Waals surface area contributed by atoms with E-state index in [2.05, 4.69) is 231 Å². The molecule has 56 heavy (non-hydrogen) atoms. The highest BCUT2D eigenvalue weighted by atomic mass is 15.1. The quantitative estimate of drug-likeness (QED) is 0.159. The Bertz CT molecular complexity index is 2840. The van der Waals surface area contributed by atoms with Gasteiger partial charge < -0.3 is 4.90 Å². The third-order valence-corrected chi connectivity index (χ3v) is 11.7. The lowest BCUT2D eigenvalue weighted by atomic mass is 9.82. The van der Waals surface area contributed by atoms with E-state index in [9.17, 15) is 0 Å². The van der Waals surface area contributed by atoms with Crippen LogP contribution in [0.5, 0.6) is 0 Å². The lowest BCUT2D eigenvalue weighted by Gasteiger charge is -2.31. The number of hydrogen-bond donors (Lipinski definition) is 0. The highest BCUT2D eigenvalue weighted by molar-refractivity contribution is 6.05. The molecule has 1 aliphatic carbocycles. The van der Waals surface area contributed by atoms with E-state index >= 15 is 0 Å². The van der Waals surface area contributed by atoms with Crippen molar-refractivity contribution in [2.45, 2.75) is 19.3 Å². The molecule has 0 N–H and O–H groups in total. The normalized spacial score (nSPS) is 12.6. The Balaban J connectivity index is 1.22. The zero-order valence-corrected chi connectivity index (χ0v) is 31.7. The molecular formula is C55H41N. The number of anilines is 3. The minimum atomic E-state index is -0.133. The van der Waals surface area contributed by atoms with Crippen molar-refractivity contribution in [1.29, 1.82) is 0 Å². The highest BCUT2D eigenvalue weighted by Gasteiger charge is 2.36. The maximum atomic E-state index is 2.48. The summed E-state index contributed by atoms with van der Waals surface area (Å²) in [6.07, 6.45) is 0. The van der Waals surface area contributed by atoms with Crippen LogP contribution >= 0.6 is 0 Å². The Hall–Kier alpha value is -6.96. The Morgan fingerprint density at radius 1 is 0.339 bits per heavy atom. The number of benzene rings is 9. The van der Waals surface area contributed by atoms with Crippen molar-refractivity contribution in [3.63, 3.8) is 0 Å². The molecule has 0 heterocycles. The standard InChI is InChI=1S/C55H41N/c1-55(2)51-25-12-11-22-48(51)49-36-35-45(37-52(49)55)56(44-33-31-41(32-34-44)39-17-7-4-8-18-39)53-26-14-24-50(47-23-13-20-42-19-9-10-21-46(42)47)54(53)43-29-27-40(28-30-43)38-15-5-3-6-16-38/h3-37H,1-2H3. The van der Waals surface area contributed by atoms with Gasteiger partial charge in [0.25, 0.3) is 0 Å². The summed E-state index contributed by atoms with van der Waals surface area (Å²) < 4.78 is 0. The van der Waals surface area contributed by atoms with Crippen LogP contribution in [-0.2, 0) is 5.41 Å². The van der Waals surface area contributed by atoms with Crippen LogP contribution in [0.1, 0.15) is 25.0 Å². The van der Waals surface area contributed by atoms with E-state index in [0.717, 1.165) is 17.1 Å². The molecule has 0 radical (unpaired) electrons. The fourth-order valence-electron chi connectivity index (χ4n) is 8.87. The largest absolute Gasteiger partial charge is 0.310 e. The predicted molar refractivity (Wildman–Crippen MR) is 238 cm³/mol. The van der Waals surface area contributed by atoms with E-state index in [1.807, 2.05) is 0 Å². The molecule has 1 heteroatoms. The van der Waals surface area contributed by atoms with E-state index in [0.29, 0.717) is 0 Å². The van der Waals surface area contributed by atoms with Crippen molar-refractivity contribution in [3.05, 3.63) is 223 Å². The molecule has 0 spiro atoms. The van der Waals surface area contributed by atoms with Crippen LogP contribution in [-0.4, -0.2) is 0 Å². The lowest BCUT2D eigenvalue weighted by molar-refractivity contribution is 0.660. The second kappa shape index (κ2) is 13.7. The molecule has 10 rings (SSSR count). The summed E-state index contributed by atoms with van der Waals surface area (Å²) in [6, 6.07) is 77.7. The number of rotatable bonds is 7. The second-order valence-electron chi connectivity index (χ2n) is 15.3. The summed E-state index contributed by atoms with van der Waals surface area (Å²) in [7, 11) is 0. The van der Waals surface area contributed by atoms with Gasteiger partial charge in [0.15, 0.2) is 0 Å². The number of nitrogens with zero attached hydrogens (tertiary/aromatic N) is 1. The molecule has 0 atom stereocenters. The molecule has 0 bridgehead atoms. The predicted octanol–water partition coefficient (Wildman–Crippen LogP) is 15.3. The van der Waals surface area contributed by atoms with Crippen LogP contribution < -0.4 is 4.90 Å². The molecule has 1 nitrogen and oxygen atoms in total. The smallest absolute Gasteiger partial charge is 0.0546 e. The van der Waals surface area contributed by atoms with Crippen molar-refractivity contribution in [1.82, 2.24) is 0 Å². The van der Waals surface area contributed by atoms with Crippen LogP contribution in [0.2, 0.25) is 0 Å². The van der Waals surface area contributed by atoms with E-state index in [4.69, 9.17) is 0 Å². The van der Waals surface area contributed by atoms with Gasteiger partial charge in [-0.2, -0.15) is 0 Å². The first kappa shape index (κ1) is 33.6. The van der Waals surface area contributed by atoms with Gasteiger partial charge in [0, 0.05) is 22.4 Å². The summed E-state index contributed by atoms with van der Waals surface area (Å²) >= 11 is 0. The van der Waals surface area contributed by atoms with Gasteiger partial charge in [0.05, 0.1) is 5.69 Å². The van der Waals surface area contributed by atoms with Crippen molar-refractivity contribution in [2.24, 2.45) is 0 Å². The maximum Gasteiger partial charge on any atom is 0.0546 e. The second-order valence-corrected chi connectivity index (χ2v) is 15.3. The van der Waals surface area contributed by atoms with Gasteiger partial charge in [-0.3, -0.25) is 0 Å². The molecule has 0 unspecified atom stereocenters. The fraction of sp³-hybridized carbons (Fsp3) is 0.0545. The van der Waals surface area contributed by atoms with Crippen molar-refractivity contribution < 1.29 is 0 Å². The average Bonchev–Trinajstić information content (AvgIpc) is 3.49. The summed E-state index contributed by atoms with van der Waals surface area (Å²) in [5.74, 6) is 0. The minimum Gasteiger partial charge on any atom is -0.310 e. The SMILES string of the molecule is CC1(C)c2ccccc2-c2ccc(N(c3ccc(-c4ccccc4)cc3)c3cccc(-c4cccc5ccccc45)c3-c3ccc(-c4ccccc4)cc3)cc21. The van der Waals surface area contributed by atoms with Crippen LogP contribution in [0.25, 0.3) is 66.4 Å². The topological polar surface area (TPSA) is 3.24 Å². The number of fused-ring (bicyclic) bond motifs is 4. The monoisotopic (exact) mass is 715 g/mol. The van der Waals surface area contributed by atoms with Gasteiger partial charge in [-0.15, -0.1) is 0 Å². The van der Waals surface area contributed by atoms with Crippen LogP contribution in [0.3, 0.4) is 0 Å². The Morgan fingerprint density at radius 2 is 0.839 bits per heavy atom. The molecule has 0 aliphatic heterocycles. The van der Waals surface area contributed by atoms with E-state index < -0.39 is 0 Å². The first-order chi connectivity index (χ1) is 27.5. The minimum absolute atomic E-state index is 0.133. The summed E-state index contributed by atoms with van der Waals surface area (Å²) in [5, 5.41) is 2.47. The van der Waals surface area contributed by atoms with Gasteiger partial charge in [0.2, 0.25) is 0 Å². The molecule has 9 aromatic rings. The summed E-state index contributed by atoms with van der Waals surface area (Å²) in [5.41, 5.74) is 18.2. The van der Waals surface area contributed by atoms with Gasteiger partial charge >= 0.3 is 0 Å². The fourth-order valence-corrected chi connectivity index (χ4v) is 8.87. The molecule has 9 aromatic carbocycles. The third-order valence-electron chi connectivity index (χ3n) is 11.7. The van der Waals surface area contributed by atoms with Gasteiger partial charge in [-0.05, 0) is 102 Å². The summed E-state index contributed by atoms with van der Waals surface area (Å²) in [4.78, 5) is 2.48. The zero-order chi connectivity index (χ0) is 37.6. The molecule has 0 amide bonds. The Kier molecular flexibility index (Phi) is 8.23. The summed E-state index contributed by atoms with van der Waals surface area (Å²) in [6.45, 7) is 4.72. The van der Waals surface area contributed by atoms with Crippen molar-refractivity contribution in [3.8, 4) is 55.6 Å². The molecule has 0 saturated heterocycles. The first-order valence-corrected chi connectivity index (χ1v) is 19.5. The van der Waals surface area contributed by atoms with Gasteiger partial charge in [0.1, 0.15) is 0 Å². The van der Waals surface area contributed by atoms with E-state index in [-0.39, 0.29) is 5.41 Å². The van der Waals surface area contributed by atoms with Gasteiger partial charge in [-0.1, -0.05) is 196 Å². The molecule has 1 aliphatic rings. The van der Waals surface area contributed by atoms with Crippen LogP contribution in [0.4, 0.5) is 17.1 Å². The lowest BCUT2D eigenvalue weighted by Crippen LogP contribution is -2.17. The Morgan fingerprint density at radius 3 is 1.57 bits per heavy atom. The van der Waals surface area contributed by atoms with Crippen molar-refractivity contribution in [2.75, 3.05) is 4.90 Å². The molecule has 266 valence electrons. The van der Waals surface area contributed by atoms with Crippen molar-refractivity contribution >= 4 is 27.8 Å². The Labute approximate surface area is 329 Å². The number of hydrogen-bond acceptors (Lipinski definition) is 1. The van der Waals surface area contributed by atoms with Crippen LogP contribution in [0, 0.1) is 0 Å². The third kappa shape index (κ3) is 5.72. The molecular weight excluding hydrogens is 675 g/mol. The molecule has 0 saturated carbocycles. The van der Waals surface area contributed by atoms with Gasteiger partial charge in [-0.25, -0.2) is 0 Å². The zero-order valence-electron chi connectivity index (χ0n) is 31.7. The molecule has 0 fully saturated rings. The highest BCUT2D eigenvalue weighted by Crippen LogP contribution is 2.52. The average molecular weight is 716 g/mol.